The molecule has 1 aromatic rings. The Morgan fingerprint density at radius 2 is 1.69 bits per heavy atom. The third-order valence-corrected chi connectivity index (χ3v) is 3.71. The number of carbonyl (C=O) groups is 1. The molecule has 0 saturated heterocycles. The molecule has 1 rings (SSSR count). The molecule has 88 valence electrons. The molecule has 0 saturated carbocycles. The predicted molar refractivity (Wildman–Crippen MR) is 56.9 cm³/mol. The lowest BCUT2D eigenvalue weighted by Crippen LogP contribution is -2.29. The second-order valence-corrected chi connectivity index (χ2v) is 5.15. The molecule has 1 N–H and O–H groups in total. The minimum atomic E-state index is -3.90. The van der Waals surface area contributed by atoms with Crippen LogP contribution in [0.5, 0.6) is 0 Å². The van der Waals surface area contributed by atoms with E-state index in [1.54, 1.807) is 0 Å². The van der Waals surface area contributed by atoms with E-state index in [1.807, 2.05) is 4.72 Å². The van der Waals surface area contributed by atoms with Gasteiger partial charge in [0.05, 0.1) is 4.90 Å². The molecule has 0 atom stereocenters. The van der Waals surface area contributed by atoms with Crippen LogP contribution in [0.15, 0.2) is 17.0 Å². The highest BCUT2D eigenvalue weighted by Crippen LogP contribution is 2.20. The van der Waals surface area contributed by atoms with Gasteiger partial charge in [0.1, 0.15) is 5.82 Å². The summed E-state index contributed by atoms with van der Waals surface area (Å²) in [4.78, 5) is 10.7. The van der Waals surface area contributed by atoms with Gasteiger partial charge in [-0.1, -0.05) is 0 Å². The zero-order valence-electron chi connectivity index (χ0n) is 9.17. The summed E-state index contributed by atoms with van der Waals surface area (Å²) in [5, 5.41) is 0. The predicted octanol–water partition coefficient (Wildman–Crippen LogP) is 1.27. The van der Waals surface area contributed by atoms with Gasteiger partial charge in [0.25, 0.3) is 10.0 Å². The molecule has 0 radical (unpaired) electrons. The van der Waals surface area contributed by atoms with Crippen molar-refractivity contribution in [3.8, 4) is 0 Å². The Bertz CT molecular complexity index is 514. The number of hydrogen-bond donors (Lipinski definition) is 1. The van der Waals surface area contributed by atoms with Crippen molar-refractivity contribution in [1.82, 2.24) is 4.72 Å². The highest BCUT2D eigenvalue weighted by atomic mass is 32.2. The van der Waals surface area contributed by atoms with Gasteiger partial charge in [-0.25, -0.2) is 17.5 Å². The molecular formula is C10H12FNO3S. The molecular weight excluding hydrogens is 233 g/mol. The molecule has 0 bridgehead atoms. The molecule has 4 nitrogen and oxygen atoms in total. The van der Waals surface area contributed by atoms with E-state index < -0.39 is 21.7 Å². The quantitative estimate of drug-likeness (QED) is 0.853. The van der Waals surface area contributed by atoms with E-state index in [1.165, 1.54) is 13.8 Å². The van der Waals surface area contributed by atoms with Crippen LogP contribution in [-0.4, -0.2) is 14.3 Å². The SMILES string of the molecule is CC(=O)NS(=O)(=O)c1c(C)cc(F)cc1C. The van der Waals surface area contributed by atoms with E-state index in [2.05, 4.69) is 0 Å². The first-order chi connectivity index (χ1) is 7.24. The molecule has 1 aromatic carbocycles. The number of amides is 1. The molecule has 0 fully saturated rings. The van der Waals surface area contributed by atoms with Crippen molar-refractivity contribution in [2.75, 3.05) is 0 Å². The van der Waals surface area contributed by atoms with Crippen molar-refractivity contribution < 1.29 is 17.6 Å². The monoisotopic (exact) mass is 245 g/mol. The molecule has 0 spiro atoms. The fourth-order valence-corrected chi connectivity index (χ4v) is 3.01. The topological polar surface area (TPSA) is 63.2 Å². The average Bonchev–Trinajstić information content (AvgIpc) is 1.96. The van der Waals surface area contributed by atoms with Crippen LogP contribution in [-0.2, 0) is 14.8 Å². The lowest BCUT2D eigenvalue weighted by molar-refractivity contribution is -0.117. The number of rotatable bonds is 2. The van der Waals surface area contributed by atoms with Gasteiger partial charge in [0.2, 0.25) is 5.91 Å². The number of halogens is 1. The van der Waals surface area contributed by atoms with Gasteiger partial charge in [-0.3, -0.25) is 4.79 Å². The molecule has 0 aliphatic rings. The van der Waals surface area contributed by atoms with Crippen molar-refractivity contribution >= 4 is 15.9 Å². The Morgan fingerprint density at radius 3 is 2.06 bits per heavy atom. The van der Waals surface area contributed by atoms with Crippen LogP contribution >= 0.6 is 0 Å². The summed E-state index contributed by atoms with van der Waals surface area (Å²) < 4.78 is 38.3. The summed E-state index contributed by atoms with van der Waals surface area (Å²) in [6.07, 6.45) is 0. The number of hydrogen-bond acceptors (Lipinski definition) is 3. The maximum atomic E-state index is 13.0. The Labute approximate surface area is 93.5 Å². The van der Waals surface area contributed by atoms with Gasteiger partial charge in [-0.2, -0.15) is 0 Å². The average molecular weight is 245 g/mol. The second kappa shape index (κ2) is 4.21. The number of benzene rings is 1. The normalized spacial score (nSPS) is 11.2. The first kappa shape index (κ1) is 12.6. The molecule has 0 aromatic heterocycles. The van der Waals surface area contributed by atoms with E-state index in [4.69, 9.17) is 0 Å². The van der Waals surface area contributed by atoms with E-state index in [0.29, 0.717) is 0 Å². The third-order valence-electron chi connectivity index (χ3n) is 1.97. The molecule has 0 aliphatic heterocycles. The Morgan fingerprint density at radius 1 is 1.25 bits per heavy atom. The zero-order valence-corrected chi connectivity index (χ0v) is 9.98. The lowest BCUT2D eigenvalue weighted by atomic mass is 10.1. The molecule has 16 heavy (non-hydrogen) atoms. The number of sulfonamides is 1. The van der Waals surface area contributed by atoms with Crippen LogP contribution < -0.4 is 4.72 Å². The Kier molecular flexibility index (Phi) is 3.32. The summed E-state index contributed by atoms with van der Waals surface area (Å²) >= 11 is 0. The van der Waals surface area contributed by atoms with Crippen LogP contribution in [0.1, 0.15) is 18.1 Å². The smallest absolute Gasteiger partial charge is 0.264 e. The highest BCUT2D eigenvalue weighted by Gasteiger charge is 2.21. The first-order valence-electron chi connectivity index (χ1n) is 4.54. The van der Waals surface area contributed by atoms with Gasteiger partial charge in [-0.05, 0) is 37.1 Å². The van der Waals surface area contributed by atoms with Gasteiger partial charge in [-0.15, -0.1) is 0 Å². The summed E-state index contributed by atoms with van der Waals surface area (Å²) in [6.45, 7) is 4.06. The summed E-state index contributed by atoms with van der Waals surface area (Å²) in [5.74, 6) is -1.18. The first-order valence-corrected chi connectivity index (χ1v) is 6.02. The van der Waals surface area contributed by atoms with Crippen molar-refractivity contribution in [1.29, 1.82) is 0 Å². The second-order valence-electron chi connectivity index (χ2n) is 3.53. The molecule has 0 aliphatic carbocycles. The van der Waals surface area contributed by atoms with Gasteiger partial charge >= 0.3 is 0 Å². The van der Waals surface area contributed by atoms with E-state index in [-0.39, 0.29) is 16.0 Å². The van der Waals surface area contributed by atoms with Crippen LogP contribution in [0.2, 0.25) is 0 Å². The largest absolute Gasteiger partial charge is 0.274 e. The minimum Gasteiger partial charge on any atom is -0.274 e. The van der Waals surface area contributed by atoms with E-state index in [9.17, 15) is 17.6 Å². The molecule has 1 amide bonds. The number of carbonyl (C=O) groups excluding carboxylic acids is 1. The maximum absolute atomic E-state index is 13.0. The fraction of sp³-hybridized carbons (Fsp3) is 0.300. The van der Waals surface area contributed by atoms with Gasteiger partial charge < -0.3 is 0 Å². The van der Waals surface area contributed by atoms with E-state index >= 15 is 0 Å². The minimum absolute atomic E-state index is 0.0518. The van der Waals surface area contributed by atoms with Crippen LogP contribution in [0.25, 0.3) is 0 Å². The van der Waals surface area contributed by atoms with Crippen molar-refractivity contribution in [3.05, 3.63) is 29.1 Å². The van der Waals surface area contributed by atoms with Crippen molar-refractivity contribution in [2.24, 2.45) is 0 Å². The summed E-state index contributed by atoms with van der Waals surface area (Å²) in [7, 11) is -3.90. The maximum Gasteiger partial charge on any atom is 0.264 e. The third kappa shape index (κ3) is 2.57. The highest BCUT2D eigenvalue weighted by molar-refractivity contribution is 7.90. The van der Waals surface area contributed by atoms with Crippen LogP contribution in [0.4, 0.5) is 4.39 Å². The van der Waals surface area contributed by atoms with Gasteiger partial charge in [0, 0.05) is 6.92 Å². The zero-order chi connectivity index (χ0) is 12.5. The Balaban J connectivity index is 3.39. The van der Waals surface area contributed by atoms with Crippen LogP contribution in [0, 0.1) is 19.7 Å². The van der Waals surface area contributed by atoms with Crippen molar-refractivity contribution in [3.63, 3.8) is 0 Å². The van der Waals surface area contributed by atoms with E-state index in [0.717, 1.165) is 19.1 Å². The lowest BCUT2D eigenvalue weighted by Gasteiger charge is -2.10. The van der Waals surface area contributed by atoms with Crippen LogP contribution in [0.3, 0.4) is 0 Å². The Hall–Kier alpha value is -1.43. The standard InChI is InChI=1S/C10H12FNO3S/c1-6-4-9(11)5-7(2)10(6)16(14,15)12-8(3)13/h4-5H,1-3H3,(H,12,13). The van der Waals surface area contributed by atoms with Gasteiger partial charge in [0.15, 0.2) is 0 Å². The summed E-state index contributed by atoms with van der Waals surface area (Å²) in [6, 6.07) is 2.23. The summed E-state index contributed by atoms with van der Waals surface area (Å²) in [5.41, 5.74) is 0.539. The number of aryl methyl sites for hydroxylation is 2. The van der Waals surface area contributed by atoms with Crippen molar-refractivity contribution in [2.45, 2.75) is 25.7 Å². The molecule has 6 heteroatoms. The number of nitrogens with one attached hydrogen (secondary N) is 1. The molecule has 0 unspecified atom stereocenters. The molecule has 0 heterocycles. The fourth-order valence-electron chi connectivity index (χ4n) is 1.56.